The molecular formula is C26H27N5O3. The van der Waals surface area contributed by atoms with Crippen molar-refractivity contribution in [2.24, 2.45) is 7.05 Å². The number of carbonyl (C=O) groups excluding carboxylic acids is 1. The van der Waals surface area contributed by atoms with Gasteiger partial charge in [0.25, 0.3) is 5.56 Å². The summed E-state index contributed by atoms with van der Waals surface area (Å²) in [4.78, 5) is 35.4. The highest BCUT2D eigenvalue weighted by Crippen LogP contribution is 2.35. The van der Waals surface area contributed by atoms with E-state index in [9.17, 15) is 9.59 Å². The number of imidazole rings is 1. The molecule has 0 radical (unpaired) electrons. The largest absolute Gasteiger partial charge is 0.497 e. The number of methoxy groups -OCH3 is 1. The quantitative estimate of drug-likeness (QED) is 0.438. The Bertz CT molecular complexity index is 1390. The summed E-state index contributed by atoms with van der Waals surface area (Å²) in [7, 11) is 3.52. The molecule has 1 N–H and O–H groups in total. The molecule has 0 aliphatic heterocycles. The average Bonchev–Trinajstić information content (AvgIpc) is 3.61. The number of nitrogens with zero attached hydrogens (tertiary/aromatic N) is 4. The molecule has 0 bridgehead atoms. The molecule has 1 amide bonds. The molecule has 1 atom stereocenters. The number of benzene rings is 2. The Morgan fingerprint density at radius 3 is 2.62 bits per heavy atom. The fourth-order valence-corrected chi connectivity index (χ4v) is 4.28. The second-order valence-electron chi connectivity index (χ2n) is 8.62. The number of aryl methyl sites for hydroxylation is 2. The summed E-state index contributed by atoms with van der Waals surface area (Å²) in [6, 6.07) is 14.7. The molecule has 8 nitrogen and oxygen atoms in total. The highest BCUT2D eigenvalue weighted by Gasteiger charge is 2.28. The molecule has 0 saturated heterocycles. The first-order valence-electron chi connectivity index (χ1n) is 11.5. The number of nitrogens with one attached hydrogen (secondary N) is 1. The predicted octanol–water partition coefficient (Wildman–Crippen LogP) is 3.31. The van der Waals surface area contributed by atoms with Crippen LogP contribution in [-0.4, -0.2) is 32.1 Å². The maximum atomic E-state index is 13.1. The minimum atomic E-state index is -0.409. The third-order valence-corrected chi connectivity index (χ3v) is 6.24. The third-order valence-electron chi connectivity index (χ3n) is 6.24. The zero-order valence-electron chi connectivity index (χ0n) is 19.3. The van der Waals surface area contributed by atoms with E-state index in [2.05, 4.69) is 10.3 Å². The van der Waals surface area contributed by atoms with E-state index in [1.807, 2.05) is 66.3 Å². The van der Waals surface area contributed by atoms with Crippen LogP contribution in [0.5, 0.6) is 5.75 Å². The molecule has 1 fully saturated rings. The van der Waals surface area contributed by atoms with Gasteiger partial charge >= 0.3 is 0 Å². The van der Waals surface area contributed by atoms with Crippen molar-refractivity contribution >= 4 is 16.8 Å². The summed E-state index contributed by atoms with van der Waals surface area (Å²) >= 11 is 0. The van der Waals surface area contributed by atoms with Crippen molar-refractivity contribution in [3.8, 4) is 5.75 Å². The number of hydrogen-bond acceptors (Lipinski definition) is 5. The topological polar surface area (TPSA) is 91.0 Å². The van der Waals surface area contributed by atoms with Gasteiger partial charge < -0.3 is 14.6 Å². The number of rotatable bonds is 8. The van der Waals surface area contributed by atoms with E-state index in [0.717, 1.165) is 30.0 Å². The summed E-state index contributed by atoms with van der Waals surface area (Å²) in [5.41, 5.74) is 1.55. The number of aromatic nitrogens is 4. The highest BCUT2D eigenvalue weighted by atomic mass is 16.5. The Balaban J connectivity index is 1.38. The van der Waals surface area contributed by atoms with Crippen molar-refractivity contribution in [3.05, 3.63) is 88.5 Å². The van der Waals surface area contributed by atoms with Crippen LogP contribution in [0.4, 0.5) is 0 Å². The first kappa shape index (κ1) is 21.9. The molecule has 34 heavy (non-hydrogen) atoms. The van der Waals surface area contributed by atoms with Gasteiger partial charge in [0.1, 0.15) is 23.4 Å². The predicted molar refractivity (Wildman–Crippen MR) is 129 cm³/mol. The average molecular weight is 458 g/mol. The summed E-state index contributed by atoms with van der Waals surface area (Å²) < 4.78 is 8.95. The van der Waals surface area contributed by atoms with Gasteiger partial charge in [0.2, 0.25) is 5.91 Å². The Kier molecular flexibility index (Phi) is 5.88. The van der Waals surface area contributed by atoms with E-state index < -0.39 is 6.04 Å². The molecule has 1 saturated carbocycles. The lowest BCUT2D eigenvalue weighted by atomic mass is 10.1. The number of fused-ring (bicyclic) bond motifs is 1. The number of ether oxygens (including phenoxy) is 1. The third kappa shape index (κ3) is 4.31. The molecule has 0 spiro atoms. The zero-order chi connectivity index (χ0) is 23.7. The molecule has 4 aromatic rings. The molecular weight excluding hydrogens is 430 g/mol. The number of carbonyl (C=O) groups is 1. The fraction of sp³-hybridized carbons (Fsp3) is 0.308. The van der Waals surface area contributed by atoms with Gasteiger partial charge in [-0.05, 0) is 42.7 Å². The molecule has 2 aromatic heterocycles. The fourth-order valence-electron chi connectivity index (χ4n) is 4.28. The van der Waals surface area contributed by atoms with E-state index in [0.29, 0.717) is 23.1 Å². The maximum Gasteiger partial charge on any atom is 0.261 e. The SMILES string of the molecule is COc1ccc(C(NC(=O)CCc2nc3ccccc3c(=O)n2C2CC2)c2nccn2C)cc1. The number of para-hydroxylation sites is 1. The van der Waals surface area contributed by atoms with Crippen LogP contribution in [0.1, 0.15) is 48.6 Å². The molecule has 1 unspecified atom stereocenters. The lowest BCUT2D eigenvalue weighted by Crippen LogP contribution is -2.32. The maximum absolute atomic E-state index is 13.1. The first-order chi connectivity index (χ1) is 16.5. The van der Waals surface area contributed by atoms with E-state index in [1.165, 1.54) is 0 Å². The van der Waals surface area contributed by atoms with Gasteiger partial charge in [-0.2, -0.15) is 0 Å². The van der Waals surface area contributed by atoms with Crippen LogP contribution in [0.3, 0.4) is 0 Å². The van der Waals surface area contributed by atoms with Crippen LogP contribution in [0.15, 0.2) is 65.7 Å². The molecule has 8 heteroatoms. The standard InChI is InChI=1S/C26H27N5O3/c1-30-16-15-27-25(30)24(17-7-11-19(34-2)12-8-17)29-23(32)14-13-22-28-21-6-4-3-5-20(21)26(33)31(22)18-9-10-18/h3-8,11-12,15-16,18,24H,9-10,13-14H2,1-2H3,(H,29,32). The first-order valence-corrected chi connectivity index (χ1v) is 11.5. The zero-order valence-corrected chi connectivity index (χ0v) is 19.3. The van der Waals surface area contributed by atoms with Gasteiger partial charge in [0.15, 0.2) is 0 Å². The summed E-state index contributed by atoms with van der Waals surface area (Å²) in [5.74, 6) is 2.01. The monoisotopic (exact) mass is 457 g/mol. The van der Waals surface area contributed by atoms with Crippen molar-refractivity contribution in [1.29, 1.82) is 0 Å². The van der Waals surface area contributed by atoms with Gasteiger partial charge in [-0.25, -0.2) is 9.97 Å². The Morgan fingerprint density at radius 1 is 1.18 bits per heavy atom. The summed E-state index contributed by atoms with van der Waals surface area (Å²) in [6.45, 7) is 0. The molecule has 1 aliphatic carbocycles. The molecule has 174 valence electrons. The molecule has 5 rings (SSSR count). The lowest BCUT2D eigenvalue weighted by molar-refractivity contribution is -0.121. The van der Waals surface area contributed by atoms with Crippen LogP contribution < -0.4 is 15.6 Å². The van der Waals surface area contributed by atoms with Gasteiger partial charge in [-0.3, -0.25) is 14.2 Å². The summed E-state index contributed by atoms with van der Waals surface area (Å²) in [6.07, 6.45) is 6.11. The van der Waals surface area contributed by atoms with E-state index in [1.54, 1.807) is 17.9 Å². The van der Waals surface area contributed by atoms with Crippen LogP contribution in [0.2, 0.25) is 0 Å². The van der Waals surface area contributed by atoms with Crippen molar-refractivity contribution in [3.63, 3.8) is 0 Å². The molecule has 2 heterocycles. The molecule has 1 aliphatic rings. The van der Waals surface area contributed by atoms with Crippen LogP contribution in [-0.2, 0) is 18.3 Å². The van der Waals surface area contributed by atoms with Crippen molar-refractivity contribution < 1.29 is 9.53 Å². The van der Waals surface area contributed by atoms with Gasteiger partial charge in [-0.1, -0.05) is 24.3 Å². The van der Waals surface area contributed by atoms with Crippen molar-refractivity contribution in [1.82, 2.24) is 24.4 Å². The van der Waals surface area contributed by atoms with E-state index in [-0.39, 0.29) is 23.9 Å². The van der Waals surface area contributed by atoms with Gasteiger partial charge in [-0.15, -0.1) is 0 Å². The minimum absolute atomic E-state index is 0.0207. The number of hydrogen-bond donors (Lipinski definition) is 1. The van der Waals surface area contributed by atoms with Crippen LogP contribution in [0, 0.1) is 0 Å². The lowest BCUT2D eigenvalue weighted by Gasteiger charge is -2.20. The van der Waals surface area contributed by atoms with Crippen molar-refractivity contribution in [2.45, 2.75) is 37.8 Å². The van der Waals surface area contributed by atoms with E-state index in [4.69, 9.17) is 9.72 Å². The number of amides is 1. The smallest absolute Gasteiger partial charge is 0.261 e. The van der Waals surface area contributed by atoms with Crippen molar-refractivity contribution in [2.75, 3.05) is 7.11 Å². The van der Waals surface area contributed by atoms with E-state index >= 15 is 0 Å². The van der Waals surface area contributed by atoms with Crippen LogP contribution in [0.25, 0.3) is 10.9 Å². The Hall–Kier alpha value is -3.94. The minimum Gasteiger partial charge on any atom is -0.497 e. The Morgan fingerprint density at radius 2 is 1.94 bits per heavy atom. The van der Waals surface area contributed by atoms with Gasteiger partial charge in [0, 0.05) is 38.3 Å². The second kappa shape index (κ2) is 9.13. The van der Waals surface area contributed by atoms with Gasteiger partial charge in [0.05, 0.1) is 18.0 Å². The Labute approximate surface area is 197 Å². The molecule has 2 aromatic carbocycles. The normalized spacial score (nSPS) is 14.2. The second-order valence-corrected chi connectivity index (χ2v) is 8.62. The summed E-state index contributed by atoms with van der Waals surface area (Å²) in [5, 5.41) is 3.74. The highest BCUT2D eigenvalue weighted by molar-refractivity contribution is 5.78. The van der Waals surface area contributed by atoms with Crippen LogP contribution >= 0.6 is 0 Å².